The molecule has 3 nitrogen and oxygen atoms in total. The van der Waals surface area contributed by atoms with Gasteiger partial charge in [-0.25, -0.2) is 0 Å². The predicted molar refractivity (Wildman–Crippen MR) is 217 cm³/mol. The van der Waals surface area contributed by atoms with E-state index in [4.69, 9.17) is 8.53 Å². The van der Waals surface area contributed by atoms with Crippen LogP contribution in [-0.2, 0) is 11.1 Å². The number of rotatable bonds is 1. The van der Waals surface area contributed by atoms with E-state index in [1.54, 1.807) is 0 Å². The van der Waals surface area contributed by atoms with Crippen LogP contribution in [-0.4, -0.2) is 13.3 Å². The first-order valence-corrected chi connectivity index (χ1v) is 25.6. The fourth-order valence-corrected chi connectivity index (χ4v) is 11.7. The van der Waals surface area contributed by atoms with E-state index in [1.807, 2.05) is 19.9 Å². The van der Waals surface area contributed by atoms with E-state index < -0.39 is 31.2 Å². The minimum absolute atomic E-state index is 0.743. The molecule has 1 spiro atoms. The molecule has 0 aliphatic carbocycles. The van der Waals surface area contributed by atoms with Crippen LogP contribution in [0, 0.1) is 0 Å². The molecule has 0 fully saturated rings. The van der Waals surface area contributed by atoms with Crippen molar-refractivity contribution in [1.82, 2.24) is 0 Å². The van der Waals surface area contributed by atoms with Crippen LogP contribution in [0.25, 0.3) is 76.8 Å². The summed E-state index contributed by atoms with van der Waals surface area (Å²) in [6.07, 6.45) is 4.54. The molecular weight excluding hydrogens is 693 g/mol. The summed E-state index contributed by atoms with van der Waals surface area (Å²) in [5.41, 5.74) is 7.25. The molecule has 6 aromatic carbocycles. The van der Waals surface area contributed by atoms with E-state index >= 15 is 0 Å². The summed E-state index contributed by atoms with van der Waals surface area (Å²) in [6, 6.07) is 44.0. The first-order valence-electron chi connectivity index (χ1n) is 19.8. The first-order chi connectivity index (χ1) is 26.3. The van der Waals surface area contributed by atoms with Crippen LogP contribution in [0.4, 0.5) is 0 Å². The molecule has 5 heterocycles. The number of nitrogens with zero attached hydrogens (tertiary/aromatic N) is 2. The Morgan fingerprint density at radius 2 is 1.29 bits per heavy atom. The molecule has 0 amide bonds. The molecule has 9 aromatic rings. The van der Waals surface area contributed by atoms with Crippen LogP contribution in [0.5, 0.6) is 0 Å². The molecule has 3 aromatic heterocycles. The topological polar surface area (TPSA) is 20.9 Å². The molecule has 0 radical (unpaired) electrons. The van der Waals surface area contributed by atoms with Crippen LogP contribution in [0.15, 0.2) is 138 Å². The fraction of sp³-hybridized carbons (Fsp3) is 0.167. The van der Waals surface area contributed by atoms with Gasteiger partial charge in [0.15, 0.2) is 0 Å². The van der Waals surface area contributed by atoms with Crippen molar-refractivity contribution in [2.24, 2.45) is 0 Å². The van der Waals surface area contributed by atoms with Gasteiger partial charge in [0.1, 0.15) is 0 Å². The number of hydrogen-bond acceptors (Lipinski definition) is 1. The molecule has 1 unspecified atom stereocenters. The van der Waals surface area contributed by atoms with Crippen LogP contribution >= 0.6 is 0 Å². The van der Waals surface area contributed by atoms with Crippen molar-refractivity contribution < 1.29 is 17.7 Å². The summed E-state index contributed by atoms with van der Waals surface area (Å²) in [6.45, 7) is 1.46. The van der Waals surface area contributed by atoms with Gasteiger partial charge in [-0.2, -0.15) is 0 Å². The summed E-state index contributed by atoms with van der Waals surface area (Å²) in [4.78, 5) is 0. The van der Waals surface area contributed by atoms with Crippen molar-refractivity contribution >= 4 is 71.9 Å². The molecule has 2 aliphatic rings. The van der Waals surface area contributed by atoms with Crippen LogP contribution in [0.1, 0.15) is 41.5 Å². The van der Waals surface area contributed by atoms with Gasteiger partial charge in [-0.1, -0.05) is 48.5 Å². The molecule has 2 aliphatic heterocycles. The molecule has 0 N–H and O–H groups in total. The molecule has 0 saturated heterocycles. The van der Waals surface area contributed by atoms with Crippen molar-refractivity contribution in [1.29, 1.82) is 0 Å². The Kier molecular flexibility index (Phi) is 5.26. The normalized spacial score (nSPS) is 17.4. The molecule has 52 heavy (non-hydrogen) atoms. The zero-order valence-electron chi connectivity index (χ0n) is 33.0. The molecule has 4 heteroatoms. The third-order valence-electron chi connectivity index (χ3n) is 11.9. The monoisotopic (exact) mass is 737 g/mol. The second-order valence-electron chi connectivity index (χ2n) is 16.4. The van der Waals surface area contributed by atoms with Crippen LogP contribution in [0.3, 0.4) is 0 Å². The van der Waals surface area contributed by atoms with Crippen molar-refractivity contribution in [2.45, 2.75) is 49.0 Å². The Morgan fingerprint density at radius 3 is 2.00 bits per heavy atom. The number of benzene rings is 6. The first kappa shape index (κ1) is 27.4. The van der Waals surface area contributed by atoms with Crippen LogP contribution < -0.4 is 13.5 Å². The van der Waals surface area contributed by atoms with Gasteiger partial charge in [0.2, 0.25) is 0 Å². The maximum atomic E-state index is 8.55. The predicted octanol–water partition coefficient (Wildman–Crippen LogP) is 10.7. The van der Waals surface area contributed by atoms with Gasteiger partial charge in [0, 0.05) is 0 Å². The van der Waals surface area contributed by atoms with E-state index in [9.17, 15) is 0 Å². The van der Waals surface area contributed by atoms with Gasteiger partial charge < -0.3 is 0 Å². The summed E-state index contributed by atoms with van der Waals surface area (Å²) in [7, 11) is 0. The van der Waals surface area contributed by atoms with Crippen molar-refractivity contribution in [3.05, 3.63) is 150 Å². The zero-order chi connectivity index (χ0) is 37.8. The quantitative estimate of drug-likeness (QED) is 0.0934. The van der Waals surface area contributed by atoms with Gasteiger partial charge in [0.25, 0.3) is 0 Å². The number of furan rings is 1. The van der Waals surface area contributed by atoms with Crippen LogP contribution in [0.2, 0.25) is 17.3 Å². The zero-order valence-corrected chi connectivity index (χ0v) is 32.1. The van der Waals surface area contributed by atoms with E-state index in [2.05, 4.69) is 154 Å². The minimum atomic E-state index is -2.30. The van der Waals surface area contributed by atoms with Gasteiger partial charge in [-0.15, -0.1) is 0 Å². The van der Waals surface area contributed by atoms with Crippen molar-refractivity contribution in [3.63, 3.8) is 0 Å². The average Bonchev–Trinajstić information content (AvgIpc) is 3.79. The summed E-state index contributed by atoms with van der Waals surface area (Å²) < 4.78 is 39.1. The van der Waals surface area contributed by atoms with E-state index in [-0.39, 0.29) is 0 Å². The van der Waals surface area contributed by atoms with Crippen molar-refractivity contribution in [2.75, 3.05) is 0 Å². The maximum absolute atomic E-state index is 8.55. The van der Waals surface area contributed by atoms with E-state index in [0.29, 0.717) is 0 Å². The second kappa shape index (κ2) is 9.99. The Labute approximate surface area is 310 Å². The van der Waals surface area contributed by atoms with E-state index in [0.717, 1.165) is 44.3 Å². The molecule has 1 atom stereocenters. The molecule has 0 saturated carbocycles. The van der Waals surface area contributed by atoms with Crippen molar-refractivity contribution in [3.8, 4) is 22.5 Å². The Morgan fingerprint density at radius 1 is 0.615 bits per heavy atom. The second-order valence-corrected chi connectivity index (χ2v) is 27.0. The third kappa shape index (κ3) is 3.77. The number of aromatic nitrogens is 2. The molecule has 0 bridgehead atoms. The van der Waals surface area contributed by atoms with Gasteiger partial charge >= 0.3 is 252 Å². The Bertz CT molecular complexity index is 3170. The van der Waals surface area contributed by atoms with Gasteiger partial charge in [-0.3, -0.25) is 0 Å². The summed E-state index contributed by atoms with van der Waals surface area (Å²) >= 11 is -2.30. The standard InChI is InChI=1S/C48H40GeN2O/c1-47(2,3)29-23-24-50-43(25-29)45-41(48(50)40-18-12-11-17-36(40)42-22-19-30(28-51(42)48)49(4,5)6)21-20-35-39-26-37-33-15-9-7-13-31(33)32-14-8-10-16-34(32)38(37)27-44(39)52-46(35)45/h7-28H,1-6H3/q+2/i1D3. The molecule has 11 rings (SSSR count). The number of pyridine rings is 2. The van der Waals surface area contributed by atoms with Gasteiger partial charge in [0.05, 0.1) is 0 Å². The molecular formula is C48H40GeN2O+2. The molecule has 250 valence electrons. The summed E-state index contributed by atoms with van der Waals surface area (Å²) in [5.74, 6) is 7.33. The number of hydrogen-bond donors (Lipinski definition) is 0. The SMILES string of the molecule is [2H]C([2H])([2H])C(C)(C)c1cc[n+]2c(c1)-c1c(ccc3c1oc1cc4c5ccccc5c5ccccc5c4cc13)C21c2ccccc2-c2cc[c]([Ge]([CH3])([CH3])[CH3])c[n+]21. The Hall–Kier alpha value is -5.26. The Balaban J connectivity index is 1.30. The third-order valence-corrected chi connectivity index (χ3v) is 16.2. The number of fused-ring (bicyclic) bond motifs is 20. The van der Waals surface area contributed by atoms with Gasteiger partial charge in [-0.05, 0) is 10.8 Å². The van der Waals surface area contributed by atoms with E-state index in [1.165, 1.54) is 53.5 Å². The average molecular weight is 736 g/mol. The summed E-state index contributed by atoms with van der Waals surface area (Å²) in [5, 5.41) is 9.38. The fourth-order valence-electron chi connectivity index (χ4n) is 9.37.